The molecule has 5 heteroatoms. The van der Waals surface area contributed by atoms with Crippen LogP contribution in [0.15, 0.2) is 54.6 Å². The lowest BCUT2D eigenvalue weighted by Crippen LogP contribution is -2.34. The fourth-order valence-electron chi connectivity index (χ4n) is 3.27. The Morgan fingerprint density at radius 2 is 1.59 bits per heavy atom. The van der Waals surface area contributed by atoms with E-state index in [0.29, 0.717) is 23.1 Å². The minimum atomic E-state index is -0.255. The van der Waals surface area contributed by atoms with Crippen LogP contribution in [-0.4, -0.2) is 18.0 Å². The first-order valence-electron chi connectivity index (χ1n) is 9.47. The molecule has 1 aliphatic carbocycles. The third kappa shape index (κ3) is 5.09. The van der Waals surface area contributed by atoms with Crippen LogP contribution in [0.5, 0.6) is 0 Å². The zero-order valence-electron chi connectivity index (χ0n) is 16.0. The predicted molar refractivity (Wildman–Crippen MR) is 108 cm³/mol. The number of carbonyl (C=O) groups is 2. The highest BCUT2D eigenvalue weighted by atomic mass is 16.2. The van der Waals surface area contributed by atoms with E-state index in [-0.39, 0.29) is 24.0 Å². The summed E-state index contributed by atoms with van der Waals surface area (Å²) in [7, 11) is 0. The Morgan fingerprint density at radius 1 is 0.963 bits per heavy atom. The maximum atomic E-state index is 12.7. The number of rotatable bonds is 6. The monoisotopic (exact) mass is 365 g/mol. The minimum absolute atomic E-state index is 0.0309. The molecule has 1 aliphatic rings. The molecule has 3 rings (SSSR count). The third-order valence-electron chi connectivity index (χ3n) is 4.87. The molecule has 1 saturated carbocycles. The molecule has 0 heterocycles. The summed E-state index contributed by atoms with van der Waals surface area (Å²) in [4.78, 5) is 24.5. The minimum Gasteiger partial charge on any atom is -0.345 e. The predicted octanol–water partition coefficient (Wildman–Crippen LogP) is 4.34. The van der Waals surface area contributed by atoms with Gasteiger partial charge in [0.05, 0.1) is 6.04 Å². The number of benzene rings is 2. The van der Waals surface area contributed by atoms with Crippen molar-refractivity contribution in [2.24, 2.45) is 11.8 Å². The van der Waals surface area contributed by atoms with Crippen LogP contribution in [0.2, 0.25) is 0 Å². The van der Waals surface area contributed by atoms with Crippen molar-refractivity contribution in [1.82, 2.24) is 10.6 Å². The molecule has 0 aromatic heterocycles. The number of anilines is 1. The Balaban J connectivity index is 1.65. The second-order valence-corrected chi connectivity index (χ2v) is 7.57. The van der Waals surface area contributed by atoms with Crippen molar-refractivity contribution < 1.29 is 9.59 Å². The number of urea groups is 1. The van der Waals surface area contributed by atoms with Gasteiger partial charge in [0.1, 0.15) is 0 Å². The van der Waals surface area contributed by atoms with E-state index in [1.54, 1.807) is 24.3 Å². The van der Waals surface area contributed by atoms with Crippen molar-refractivity contribution in [1.29, 1.82) is 0 Å². The second-order valence-electron chi connectivity index (χ2n) is 7.57. The van der Waals surface area contributed by atoms with Gasteiger partial charge in [0.2, 0.25) is 0 Å². The molecule has 2 aromatic rings. The molecule has 3 N–H and O–H groups in total. The Morgan fingerprint density at radius 3 is 2.15 bits per heavy atom. The summed E-state index contributed by atoms with van der Waals surface area (Å²) < 4.78 is 0. The van der Waals surface area contributed by atoms with Gasteiger partial charge in [-0.2, -0.15) is 0 Å². The van der Waals surface area contributed by atoms with Crippen molar-refractivity contribution in [2.75, 3.05) is 5.32 Å². The van der Waals surface area contributed by atoms with Gasteiger partial charge in [-0.3, -0.25) is 4.79 Å². The van der Waals surface area contributed by atoms with E-state index in [9.17, 15) is 9.59 Å². The molecule has 0 bridgehead atoms. The highest BCUT2D eigenvalue weighted by molar-refractivity contribution is 5.95. The molecule has 5 nitrogen and oxygen atoms in total. The summed E-state index contributed by atoms with van der Waals surface area (Å²) in [5.74, 6) is 1.01. The van der Waals surface area contributed by atoms with E-state index in [1.807, 2.05) is 32.0 Å². The highest BCUT2D eigenvalue weighted by Crippen LogP contribution is 2.47. The van der Waals surface area contributed by atoms with Crippen LogP contribution in [0.4, 0.5) is 10.5 Å². The summed E-state index contributed by atoms with van der Waals surface area (Å²) in [6.07, 6.45) is 1.13. The summed E-state index contributed by atoms with van der Waals surface area (Å²) in [6, 6.07) is 16.9. The first kappa shape index (κ1) is 19.0. The molecular weight excluding hydrogens is 338 g/mol. The SMILES string of the molecule is CC(C)NC(=O)Nc1ccc(C(=O)NC(c2ccccc2)C2CC2C)cc1. The van der Waals surface area contributed by atoms with Crippen molar-refractivity contribution in [2.45, 2.75) is 39.3 Å². The summed E-state index contributed by atoms with van der Waals surface area (Å²) in [5.41, 5.74) is 2.38. The van der Waals surface area contributed by atoms with Gasteiger partial charge in [0, 0.05) is 17.3 Å². The molecule has 0 aliphatic heterocycles. The Bertz CT molecular complexity index is 787. The smallest absolute Gasteiger partial charge is 0.319 e. The molecule has 3 atom stereocenters. The van der Waals surface area contributed by atoms with Gasteiger partial charge in [0.15, 0.2) is 0 Å². The largest absolute Gasteiger partial charge is 0.345 e. The molecule has 0 radical (unpaired) electrons. The quantitative estimate of drug-likeness (QED) is 0.712. The van der Waals surface area contributed by atoms with Crippen LogP contribution >= 0.6 is 0 Å². The second kappa shape index (κ2) is 8.25. The topological polar surface area (TPSA) is 70.2 Å². The van der Waals surface area contributed by atoms with Gasteiger partial charge >= 0.3 is 6.03 Å². The fourth-order valence-corrected chi connectivity index (χ4v) is 3.27. The average molecular weight is 365 g/mol. The van der Waals surface area contributed by atoms with Crippen LogP contribution in [-0.2, 0) is 0 Å². The summed E-state index contributed by atoms with van der Waals surface area (Å²) >= 11 is 0. The number of hydrogen-bond acceptors (Lipinski definition) is 2. The van der Waals surface area contributed by atoms with Crippen molar-refractivity contribution in [3.8, 4) is 0 Å². The van der Waals surface area contributed by atoms with E-state index in [2.05, 4.69) is 35.0 Å². The van der Waals surface area contributed by atoms with Gasteiger partial charge in [-0.05, 0) is 61.9 Å². The van der Waals surface area contributed by atoms with Gasteiger partial charge < -0.3 is 16.0 Å². The molecule has 3 unspecified atom stereocenters. The van der Waals surface area contributed by atoms with E-state index in [4.69, 9.17) is 0 Å². The molecule has 1 fully saturated rings. The number of nitrogens with one attached hydrogen (secondary N) is 3. The Kier molecular flexibility index (Phi) is 5.79. The molecule has 27 heavy (non-hydrogen) atoms. The molecule has 142 valence electrons. The number of carbonyl (C=O) groups excluding carboxylic acids is 2. The molecule has 0 spiro atoms. The van der Waals surface area contributed by atoms with Crippen molar-refractivity contribution in [3.05, 3.63) is 65.7 Å². The van der Waals surface area contributed by atoms with Gasteiger partial charge in [-0.15, -0.1) is 0 Å². The van der Waals surface area contributed by atoms with Crippen LogP contribution < -0.4 is 16.0 Å². The summed E-state index contributed by atoms with van der Waals surface area (Å²) in [6.45, 7) is 6.02. The molecular formula is C22H27N3O2. The first-order valence-corrected chi connectivity index (χ1v) is 9.47. The zero-order chi connectivity index (χ0) is 19.4. The standard InChI is InChI=1S/C22H27N3O2/c1-14(2)23-22(27)24-18-11-9-17(10-12-18)21(26)25-20(19-13-15(19)3)16-7-5-4-6-8-16/h4-12,14-15,19-20H,13H2,1-3H3,(H,25,26)(H2,23,24,27). The maximum Gasteiger partial charge on any atom is 0.319 e. The normalized spacial score (nSPS) is 19.3. The molecule has 3 amide bonds. The van der Waals surface area contributed by atoms with Crippen LogP contribution in [0.1, 0.15) is 49.2 Å². The molecule has 0 saturated heterocycles. The van der Waals surface area contributed by atoms with E-state index < -0.39 is 0 Å². The van der Waals surface area contributed by atoms with Crippen molar-refractivity contribution in [3.63, 3.8) is 0 Å². The lowest BCUT2D eigenvalue weighted by molar-refractivity contribution is 0.0930. The van der Waals surface area contributed by atoms with Gasteiger partial charge in [-0.25, -0.2) is 4.79 Å². The number of hydrogen-bond donors (Lipinski definition) is 3. The average Bonchev–Trinajstić information content (AvgIpc) is 3.36. The lowest BCUT2D eigenvalue weighted by atomic mass is 10.0. The first-order chi connectivity index (χ1) is 12.9. The fraction of sp³-hybridized carbons (Fsp3) is 0.364. The summed E-state index contributed by atoms with van der Waals surface area (Å²) in [5, 5.41) is 8.72. The van der Waals surface area contributed by atoms with Crippen LogP contribution in [0.25, 0.3) is 0 Å². The van der Waals surface area contributed by atoms with Gasteiger partial charge in [-0.1, -0.05) is 37.3 Å². The van der Waals surface area contributed by atoms with E-state index in [1.165, 1.54) is 0 Å². The number of amides is 3. The lowest BCUT2D eigenvalue weighted by Gasteiger charge is -2.19. The van der Waals surface area contributed by atoms with Gasteiger partial charge in [0.25, 0.3) is 5.91 Å². The maximum absolute atomic E-state index is 12.7. The van der Waals surface area contributed by atoms with Crippen LogP contribution in [0.3, 0.4) is 0 Å². The van der Waals surface area contributed by atoms with Crippen LogP contribution in [0, 0.1) is 11.8 Å². The van der Waals surface area contributed by atoms with E-state index >= 15 is 0 Å². The van der Waals surface area contributed by atoms with Crippen molar-refractivity contribution >= 4 is 17.6 Å². The highest BCUT2D eigenvalue weighted by Gasteiger charge is 2.40. The zero-order valence-corrected chi connectivity index (χ0v) is 16.0. The third-order valence-corrected chi connectivity index (χ3v) is 4.87. The Labute approximate surface area is 160 Å². The molecule has 2 aromatic carbocycles. The Hall–Kier alpha value is -2.82. The van der Waals surface area contributed by atoms with E-state index in [0.717, 1.165) is 12.0 Å².